The van der Waals surface area contributed by atoms with Crippen LogP contribution < -0.4 is 14.8 Å². The predicted octanol–water partition coefficient (Wildman–Crippen LogP) is 5.21. The number of imidazole rings is 1. The number of alkyl halides is 3. The maximum atomic E-state index is 14.0. The number of pyridine rings is 1. The van der Waals surface area contributed by atoms with E-state index >= 15 is 0 Å². The number of ether oxygens (including phenoxy) is 3. The summed E-state index contributed by atoms with van der Waals surface area (Å²) in [6.07, 6.45) is -1.95. The van der Waals surface area contributed by atoms with Gasteiger partial charge in [0.2, 0.25) is 0 Å². The Labute approximate surface area is 350 Å². The molecular formula is C38H38F3N5O12S3. The van der Waals surface area contributed by atoms with Gasteiger partial charge in [-0.2, -0.15) is 22.1 Å². The molecule has 1 amide bonds. The van der Waals surface area contributed by atoms with Gasteiger partial charge in [-0.05, 0) is 68.3 Å². The van der Waals surface area contributed by atoms with Crippen molar-refractivity contribution >= 4 is 59.6 Å². The van der Waals surface area contributed by atoms with Crippen LogP contribution in [0.3, 0.4) is 0 Å². The topological polar surface area (TPSA) is 239 Å². The minimum atomic E-state index is -4.59. The number of halogens is 3. The molecule has 3 aromatic carbocycles. The monoisotopic (exact) mass is 909 g/mol. The molecule has 0 aliphatic heterocycles. The number of sulfone groups is 1. The van der Waals surface area contributed by atoms with Crippen molar-refractivity contribution in [3.63, 3.8) is 0 Å². The Kier molecular flexibility index (Phi) is 15.3. The first-order chi connectivity index (χ1) is 28.9. The number of nitro groups is 1. The van der Waals surface area contributed by atoms with Gasteiger partial charge in [-0.25, -0.2) is 16.8 Å². The van der Waals surface area contributed by atoms with Crippen LogP contribution in [0.1, 0.15) is 36.9 Å². The van der Waals surface area contributed by atoms with Gasteiger partial charge in [0.15, 0.2) is 28.8 Å². The van der Waals surface area contributed by atoms with E-state index in [-0.39, 0.29) is 73.1 Å². The first kappa shape index (κ1) is 46.3. The van der Waals surface area contributed by atoms with Crippen LogP contribution >= 0.6 is 0 Å². The summed E-state index contributed by atoms with van der Waals surface area (Å²) < 4.78 is 121. The molecule has 326 valence electrons. The summed E-state index contributed by atoms with van der Waals surface area (Å²) in [5.74, 6) is -1.97. The fourth-order valence-corrected chi connectivity index (χ4v) is 9.80. The van der Waals surface area contributed by atoms with Gasteiger partial charge >= 0.3 is 17.3 Å². The summed E-state index contributed by atoms with van der Waals surface area (Å²) in [6, 6.07) is 17.1. The van der Waals surface area contributed by atoms with E-state index in [1.165, 1.54) is 67.7 Å². The molecule has 17 nitrogen and oxygen atoms in total. The Bertz CT molecular complexity index is 2590. The van der Waals surface area contributed by atoms with E-state index in [1.807, 2.05) is 0 Å². The second-order valence-electron chi connectivity index (χ2n) is 13.1. The molecule has 0 aliphatic carbocycles. The zero-order valence-electron chi connectivity index (χ0n) is 32.2. The number of carbonyl (C=O) groups is 2. The highest BCUT2D eigenvalue weighted by molar-refractivity contribution is 7.93. The molecule has 1 atom stereocenters. The molecule has 23 heteroatoms. The molecule has 1 N–H and O–H groups in total. The lowest BCUT2D eigenvalue weighted by Crippen LogP contribution is -2.29. The van der Waals surface area contributed by atoms with Crippen LogP contribution in [0, 0.1) is 17.0 Å². The Morgan fingerprint density at radius 2 is 1.67 bits per heavy atom. The zero-order chi connectivity index (χ0) is 44.4. The van der Waals surface area contributed by atoms with Gasteiger partial charge in [0.05, 0.1) is 37.2 Å². The number of fused-ring (bicyclic) bond motifs is 1. The van der Waals surface area contributed by atoms with Gasteiger partial charge in [-0.1, -0.05) is 24.6 Å². The van der Waals surface area contributed by atoms with Crippen molar-refractivity contribution in [1.29, 1.82) is 0 Å². The van der Waals surface area contributed by atoms with E-state index in [0.717, 1.165) is 16.1 Å². The summed E-state index contributed by atoms with van der Waals surface area (Å²) in [5, 5.41) is 13.2. The fraction of sp³-hybridized carbons (Fsp3) is 0.316. The van der Waals surface area contributed by atoms with Gasteiger partial charge < -0.3 is 24.1 Å². The molecule has 5 rings (SSSR count). The number of hydrogen-bond donors (Lipinski definition) is 1. The van der Waals surface area contributed by atoms with Crippen LogP contribution in [0.25, 0.3) is 11.0 Å². The molecule has 0 saturated carbocycles. The standard InChI is InChI=1S/C38H38F3N5O12S3/c1-26-32(42-19-17-34(26)58-25-38(39,40)41)24-59(51)37-44-31-10-4-5-11-33(31)45(37)61(54,55)29-15-13-28(14-16-29)57-23-35(47)43-18-6-2-3-12-36(48)56-20-21-60(52,53)30-9-7-8-27(22-30)46(49)50/h4-5,7-11,13-17,19,22H,2-3,6,12,18,20-21,23-25H2,1H3,(H,43,47). The lowest BCUT2D eigenvalue weighted by molar-refractivity contribution is -0.385. The van der Waals surface area contributed by atoms with Crippen LogP contribution in [-0.2, 0) is 51.1 Å². The summed E-state index contributed by atoms with van der Waals surface area (Å²) >= 11 is -2.16. The molecule has 2 heterocycles. The summed E-state index contributed by atoms with van der Waals surface area (Å²) in [5.41, 5.74) is 0.281. The highest BCUT2D eigenvalue weighted by Crippen LogP contribution is 2.30. The minimum absolute atomic E-state index is 0.00825. The Hall–Kier alpha value is -5.78. The number of hydrogen-bond acceptors (Lipinski definition) is 14. The number of nitrogens with one attached hydrogen (secondary N) is 1. The molecule has 0 saturated heterocycles. The zero-order valence-corrected chi connectivity index (χ0v) is 34.6. The SMILES string of the molecule is Cc1c(OCC(F)(F)F)ccnc1C[S+]([O-])c1nc2ccccc2n1S(=O)(=O)c1ccc(OCC(=O)NCCCCCC(=O)OCCS(=O)(=O)c2cccc([N+](=O)[O-])c2)cc1. The van der Waals surface area contributed by atoms with E-state index in [1.54, 1.807) is 12.1 Å². The molecule has 5 aromatic rings. The van der Waals surface area contributed by atoms with Crippen LogP contribution in [0.15, 0.2) is 100 Å². The van der Waals surface area contributed by atoms with Crippen molar-refractivity contribution < 1.29 is 63.3 Å². The van der Waals surface area contributed by atoms with Crippen LogP contribution in [0.4, 0.5) is 18.9 Å². The van der Waals surface area contributed by atoms with Crippen molar-refractivity contribution in [3.8, 4) is 11.5 Å². The molecule has 0 fully saturated rings. The highest BCUT2D eigenvalue weighted by Gasteiger charge is 2.33. The molecule has 2 aromatic heterocycles. The van der Waals surface area contributed by atoms with Crippen LogP contribution in [-0.4, -0.2) is 90.4 Å². The normalized spacial score (nSPS) is 12.5. The van der Waals surface area contributed by atoms with Crippen molar-refractivity contribution in [3.05, 3.63) is 106 Å². The number of amides is 1. The Balaban J connectivity index is 1.08. The number of unbranched alkanes of at least 4 members (excludes halogenated alkanes) is 2. The minimum Gasteiger partial charge on any atom is -0.609 e. The van der Waals surface area contributed by atoms with Crippen LogP contribution in [0.2, 0.25) is 0 Å². The van der Waals surface area contributed by atoms with Crippen molar-refractivity contribution in [1.82, 2.24) is 19.3 Å². The number of rotatable bonds is 21. The maximum Gasteiger partial charge on any atom is 0.422 e. The number of aromatic nitrogens is 3. The fourth-order valence-electron chi connectivity index (χ4n) is 5.62. The molecule has 0 bridgehead atoms. The smallest absolute Gasteiger partial charge is 0.422 e. The third-order valence-electron chi connectivity index (χ3n) is 8.73. The molecule has 1 unspecified atom stereocenters. The second kappa shape index (κ2) is 20.2. The van der Waals surface area contributed by atoms with Crippen LogP contribution in [0.5, 0.6) is 11.5 Å². The molecule has 0 aliphatic rings. The van der Waals surface area contributed by atoms with E-state index in [0.29, 0.717) is 19.3 Å². The van der Waals surface area contributed by atoms with E-state index in [9.17, 15) is 54.3 Å². The summed E-state index contributed by atoms with van der Waals surface area (Å²) in [4.78, 5) is 42.6. The number of nitro benzene ring substituents is 1. The largest absolute Gasteiger partial charge is 0.609 e. The van der Waals surface area contributed by atoms with E-state index in [4.69, 9.17) is 14.2 Å². The van der Waals surface area contributed by atoms with E-state index in [2.05, 4.69) is 15.3 Å². The first-order valence-electron chi connectivity index (χ1n) is 18.2. The number of benzene rings is 3. The third-order valence-corrected chi connectivity index (χ3v) is 13.5. The third kappa shape index (κ3) is 12.6. The van der Waals surface area contributed by atoms with E-state index < -0.39 is 79.6 Å². The number of nitrogens with zero attached hydrogens (tertiary/aromatic N) is 4. The molecule has 0 radical (unpaired) electrons. The first-order valence-corrected chi connectivity index (χ1v) is 22.6. The average molecular weight is 910 g/mol. The van der Waals surface area contributed by atoms with Crippen molar-refractivity contribution in [2.45, 2.75) is 59.5 Å². The van der Waals surface area contributed by atoms with Crippen molar-refractivity contribution in [2.24, 2.45) is 0 Å². The highest BCUT2D eigenvalue weighted by atomic mass is 32.2. The Morgan fingerprint density at radius 3 is 2.39 bits per heavy atom. The quantitative estimate of drug-likeness (QED) is 0.0327. The molecule has 61 heavy (non-hydrogen) atoms. The maximum absolute atomic E-state index is 14.0. The van der Waals surface area contributed by atoms with Gasteiger partial charge in [-0.3, -0.25) is 24.7 Å². The van der Waals surface area contributed by atoms with Gasteiger partial charge in [0.25, 0.3) is 21.6 Å². The summed E-state index contributed by atoms with van der Waals surface area (Å²) in [7, 11) is -8.36. The lowest BCUT2D eigenvalue weighted by atomic mass is 10.2. The van der Waals surface area contributed by atoms with Gasteiger partial charge in [0.1, 0.15) is 18.1 Å². The average Bonchev–Trinajstić information content (AvgIpc) is 3.62. The number of para-hydroxylation sites is 2. The Morgan fingerprint density at radius 1 is 0.934 bits per heavy atom. The van der Waals surface area contributed by atoms with Crippen molar-refractivity contribution in [2.75, 3.05) is 32.1 Å². The number of non-ortho nitro benzene ring substituents is 1. The van der Waals surface area contributed by atoms with Gasteiger partial charge in [0, 0.05) is 48.0 Å². The predicted molar refractivity (Wildman–Crippen MR) is 212 cm³/mol. The summed E-state index contributed by atoms with van der Waals surface area (Å²) in [6.45, 7) is -0.664. The number of carbonyl (C=O) groups excluding carboxylic acids is 2. The van der Waals surface area contributed by atoms with Gasteiger partial charge in [-0.15, -0.1) is 0 Å². The second-order valence-corrected chi connectivity index (χ2v) is 18.4. The molecular weight excluding hydrogens is 872 g/mol. The number of esters is 1. The molecule has 0 spiro atoms. The lowest BCUT2D eigenvalue weighted by Gasteiger charge is -2.15.